The maximum Gasteiger partial charge on any atom is 0.246 e. The van der Waals surface area contributed by atoms with Gasteiger partial charge >= 0.3 is 0 Å². The molecule has 1 aromatic heterocycles. The van der Waals surface area contributed by atoms with Gasteiger partial charge in [-0.3, -0.25) is 4.79 Å². The number of rotatable bonds is 3. The molecule has 1 saturated heterocycles. The first-order valence-corrected chi connectivity index (χ1v) is 9.04. The average Bonchev–Trinajstić information content (AvgIpc) is 3.10. The van der Waals surface area contributed by atoms with Crippen LogP contribution in [0.5, 0.6) is 0 Å². The van der Waals surface area contributed by atoms with Crippen molar-refractivity contribution in [2.75, 3.05) is 6.54 Å². The molecule has 6 nitrogen and oxygen atoms in total. The highest BCUT2D eigenvalue weighted by molar-refractivity contribution is 5.76. The molecule has 0 radical (unpaired) electrons. The van der Waals surface area contributed by atoms with Crippen molar-refractivity contribution in [3.63, 3.8) is 0 Å². The number of aromatic nitrogens is 4. The van der Waals surface area contributed by atoms with E-state index in [-0.39, 0.29) is 18.3 Å². The monoisotopic (exact) mass is 343 g/mol. The van der Waals surface area contributed by atoms with Crippen LogP contribution in [0.2, 0.25) is 0 Å². The molecule has 7 heteroatoms. The van der Waals surface area contributed by atoms with Crippen molar-refractivity contribution in [1.82, 2.24) is 25.1 Å². The molecule has 1 aliphatic heterocycles. The summed E-state index contributed by atoms with van der Waals surface area (Å²) in [6, 6.07) is 6.32. The van der Waals surface area contributed by atoms with Crippen LogP contribution in [-0.4, -0.2) is 43.6 Å². The molecule has 25 heavy (non-hydrogen) atoms. The zero-order valence-corrected chi connectivity index (χ0v) is 14.1. The van der Waals surface area contributed by atoms with Gasteiger partial charge in [0.05, 0.1) is 0 Å². The van der Waals surface area contributed by atoms with E-state index in [1.807, 2.05) is 4.90 Å². The zero-order valence-electron chi connectivity index (χ0n) is 14.1. The topological polar surface area (TPSA) is 63.9 Å². The number of amides is 1. The van der Waals surface area contributed by atoms with Gasteiger partial charge in [0, 0.05) is 18.2 Å². The Morgan fingerprint density at radius 2 is 1.88 bits per heavy atom. The molecule has 0 bridgehead atoms. The number of hydrogen-bond donors (Lipinski definition) is 0. The Labute approximate surface area is 146 Å². The van der Waals surface area contributed by atoms with Gasteiger partial charge in [-0.1, -0.05) is 12.8 Å². The molecule has 4 rings (SSSR count). The van der Waals surface area contributed by atoms with Gasteiger partial charge in [-0.05, 0) is 61.1 Å². The van der Waals surface area contributed by atoms with Crippen LogP contribution in [0, 0.1) is 11.7 Å². The van der Waals surface area contributed by atoms with Crippen LogP contribution >= 0.6 is 0 Å². The number of likely N-dealkylation sites (tertiary alicyclic amines) is 1. The fourth-order valence-electron chi connectivity index (χ4n) is 4.17. The van der Waals surface area contributed by atoms with Crippen molar-refractivity contribution in [3.05, 3.63) is 30.1 Å². The zero-order chi connectivity index (χ0) is 17.2. The molecule has 2 heterocycles. The van der Waals surface area contributed by atoms with Crippen LogP contribution < -0.4 is 0 Å². The molecular formula is C18H22FN5O. The number of tetrazole rings is 1. The number of carbonyl (C=O) groups is 1. The average molecular weight is 343 g/mol. The van der Waals surface area contributed by atoms with Gasteiger partial charge in [0.1, 0.15) is 12.4 Å². The summed E-state index contributed by atoms with van der Waals surface area (Å²) in [5.41, 5.74) is 0.686. The summed E-state index contributed by atoms with van der Waals surface area (Å²) >= 11 is 0. The summed E-state index contributed by atoms with van der Waals surface area (Å²) in [5.74, 6) is 0.824. The maximum absolute atomic E-state index is 13.0. The van der Waals surface area contributed by atoms with E-state index in [0.29, 0.717) is 23.3 Å². The molecule has 2 fully saturated rings. The van der Waals surface area contributed by atoms with Crippen molar-refractivity contribution in [1.29, 1.82) is 0 Å². The van der Waals surface area contributed by atoms with Gasteiger partial charge < -0.3 is 4.90 Å². The summed E-state index contributed by atoms with van der Waals surface area (Å²) in [7, 11) is 0. The van der Waals surface area contributed by atoms with E-state index in [1.54, 1.807) is 12.1 Å². The lowest BCUT2D eigenvalue weighted by atomic mass is 9.78. The molecule has 2 aliphatic rings. The van der Waals surface area contributed by atoms with Gasteiger partial charge in [-0.25, -0.2) is 4.39 Å². The smallest absolute Gasteiger partial charge is 0.246 e. The van der Waals surface area contributed by atoms with E-state index in [4.69, 9.17) is 0 Å². The van der Waals surface area contributed by atoms with Crippen LogP contribution in [0.25, 0.3) is 11.4 Å². The van der Waals surface area contributed by atoms with Gasteiger partial charge in [0.15, 0.2) is 0 Å². The fraction of sp³-hybridized carbons (Fsp3) is 0.556. The number of benzene rings is 1. The third-order valence-electron chi connectivity index (χ3n) is 5.40. The number of piperidine rings is 1. The van der Waals surface area contributed by atoms with E-state index < -0.39 is 0 Å². The predicted molar refractivity (Wildman–Crippen MR) is 89.9 cm³/mol. The van der Waals surface area contributed by atoms with Crippen LogP contribution in [0.4, 0.5) is 4.39 Å². The standard InChI is InChI=1S/C18H22FN5O/c19-15-9-7-14(8-10-15)18-20-22-24(21-18)12-17(25)23-11-3-5-13-4-1-2-6-16(13)23/h7-10,13,16H,1-6,11-12H2/t13-,16-/m1/s1. The molecule has 1 aliphatic carbocycles. The number of nitrogens with zero attached hydrogens (tertiary/aromatic N) is 5. The van der Waals surface area contributed by atoms with Crippen LogP contribution in [0.1, 0.15) is 38.5 Å². The van der Waals surface area contributed by atoms with Crippen LogP contribution in [-0.2, 0) is 11.3 Å². The van der Waals surface area contributed by atoms with Crippen molar-refractivity contribution >= 4 is 5.91 Å². The second-order valence-corrected chi connectivity index (χ2v) is 6.99. The van der Waals surface area contributed by atoms with Gasteiger partial charge in [-0.15, -0.1) is 10.2 Å². The minimum absolute atomic E-state index is 0.0691. The second-order valence-electron chi connectivity index (χ2n) is 6.99. The maximum atomic E-state index is 13.0. The highest BCUT2D eigenvalue weighted by Crippen LogP contribution is 2.35. The molecular weight excluding hydrogens is 321 g/mol. The SMILES string of the molecule is O=C(Cn1nnc(-c2ccc(F)cc2)n1)N1CCC[C@H]2CCCC[C@H]21. The van der Waals surface area contributed by atoms with E-state index in [2.05, 4.69) is 15.4 Å². The lowest BCUT2D eigenvalue weighted by Gasteiger charge is -2.44. The lowest BCUT2D eigenvalue weighted by molar-refractivity contribution is -0.138. The third kappa shape index (κ3) is 3.41. The Bertz CT molecular complexity index is 742. The largest absolute Gasteiger partial charge is 0.338 e. The first-order chi connectivity index (χ1) is 12.2. The third-order valence-corrected chi connectivity index (χ3v) is 5.40. The molecule has 0 unspecified atom stereocenters. The summed E-state index contributed by atoms with van der Waals surface area (Å²) in [5, 5.41) is 12.2. The Kier molecular flexibility index (Phi) is 4.46. The quantitative estimate of drug-likeness (QED) is 0.859. The minimum atomic E-state index is -0.307. The molecule has 2 atom stereocenters. The molecule has 2 aromatic rings. The van der Waals surface area contributed by atoms with Gasteiger partial charge in [0.25, 0.3) is 0 Å². The first-order valence-electron chi connectivity index (χ1n) is 9.04. The van der Waals surface area contributed by atoms with Gasteiger partial charge in [-0.2, -0.15) is 4.80 Å². The Balaban J connectivity index is 1.45. The lowest BCUT2D eigenvalue weighted by Crippen LogP contribution is -2.50. The number of carbonyl (C=O) groups excluding carboxylic acids is 1. The summed E-state index contributed by atoms with van der Waals surface area (Å²) < 4.78 is 13.0. The summed E-state index contributed by atoms with van der Waals surface area (Å²) in [6.07, 6.45) is 7.17. The Hall–Kier alpha value is -2.31. The van der Waals surface area contributed by atoms with Crippen molar-refractivity contribution < 1.29 is 9.18 Å². The van der Waals surface area contributed by atoms with Crippen LogP contribution in [0.3, 0.4) is 0 Å². The minimum Gasteiger partial charge on any atom is -0.338 e. The molecule has 1 aromatic carbocycles. The Morgan fingerprint density at radius 1 is 1.12 bits per heavy atom. The number of halogens is 1. The van der Waals surface area contributed by atoms with Crippen molar-refractivity contribution in [2.24, 2.45) is 5.92 Å². The van der Waals surface area contributed by atoms with E-state index in [0.717, 1.165) is 19.4 Å². The van der Waals surface area contributed by atoms with Crippen molar-refractivity contribution in [2.45, 2.75) is 51.1 Å². The first kappa shape index (κ1) is 16.2. The highest BCUT2D eigenvalue weighted by Gasteiger charge is 2.35. The summed E-state index contributed by atoms with van der Waals surface area (Å²) in [4.78, 5) is 16.1. The molecule has 1 amide bonds. The number of fused-ring (bicyclic) bond motifs is 1. The number of hydrogen-bond acceptors (Lipinski definition) is 4. The van der Waals surface area contributed by atoms with E-state index >= 15 is 0 Å². The second kappa shape index (κ2) is 6.90. The Morgan fingerprint density at radius 3 is 2.72 bits per heavy atom. The molecule has 0 spiro atoms. The predicted octanol–water partition coefficient (Wildman–Crippen LogP) is 2.66. The van der Waals surface area contributed by atoms with E-state index in [9.17, 15) is 9.18 Å². The van der Waals surface area contributed by atoms with Crippen molar-refractivity contribution in [3.8, 4) is 11.4 Å². The summed E-state index contributed by atoms with van der Waals surface area (Å²) in [6.45, 7) is 0.941. The molecule has 0 N–H and O–H groups in total. The highest BCUT2D eigenvalue weighted by atomic mass is 19.1. The van der Waals surface area contributed by atoms with Crippen LogP contribution in [0.15, 0.2) is 24.3 Å². The van der Waals surface area contributed by atoms with E-state index in [1.165, 1.54) is 42.6 Å². The fourth-order valence-corrected chi connectivity index (χ4v) is 4.17. The van der Waals surface area contributed by atoms with Gasteiger partial charge in [0.2, 0.25) is 11.7 Å². The molecule has 132 valence electrons. The normalized spacial score (nSPS) is 23.3. The molecule has 1 saturated carbocycles.